The first-order chi connectivity index (χ1) is 23.3. The van der Waals surface area contributed by atoms with Crippen LogP contribution in [0.4, 0.5) is 0 Å². The number of phenolic OH excluding ortho intramolecular Hbond substituents is 3. The average molecular weight is 755 g/mol. The van der Waals surface area contributed by atoms with E-state index in [2.05, 4.69) is 101 Å². The molecule has 0 atom stereocenters. The Morgan fingerprint density at radius 2 is 0.529 bits per heavy atom. The highest BCUT2D eigenvalue weighted by molar-refractivity contribution is 7.10. The molecule has 3 aromatic carbocycles. The Labute approximate surface area is 326 Å². The van der Waals surface area contributed by atoms with Gasteiger partial charge in [0.15, 0.2) is 0 Å². The van der Waals surface area contributed by atoms with Gasteiger partial charge in [-0.05, 0) is 90.0 Å². The van der Waals surface area contributed by atoms with E-state index in [1.165, 1.54) is 46.7 Å². The molecule has 0 amide bonds. The van der Waals surface area contributed by atoms with Crippen LogP contribution in [-0.4, -0.2) is 15.3 Å². The number of aryl methyl sites for hydroxylation is 3. The Bertz CT molecular complexity index is 1180. The predicted molar refractivity (Wildman–Crippen MR) is 238 cm³/mol. The molecule has 3 aromatic heterocycles. The van der Waals surface area contributed by atoms with Crippen molar-refractivity contribution in [1.82, 2.24) is 0 Å². The monoisotopic (exact) mass is 754 g/mol. The fraction of sp³-hybridized carbons (Fsp3) is 0.333. The second-order valence-corrected chi connectivity index (χ2v) is 12.8. The van der Waals surface area contributed by atoms with Gasteiger partial charge in [0.05, 0.1) is 0 Å². The summed E-state index contributed by atoms with van der Waals surface area (Å²) in [7, 11) is 0. The van der Waals surface area contributed by atoms with Crippen LogP contribution in [-0.2, 0) is 19.3 Å². The zero-order valence-electron chi connectivity index (χ0n) is 30.0. The molecule has 6 heteroatoms. The predicted octanol–water partition coefficient (Wildman–Crippen LogP) is 15.8. The molecule has 6 rings (SSSR count). The van der Waals surface area contributed by atoms with Crippen LogP contribution >= 0.6 is 34.0 Å². The fourth-order valence-corrected chi connectivity index (χ4v) is 4.79. The van der Waals surface area contributed by atoms with Crippen molar-refractivity contribution in [2.24, 2.45) is 0 Å². The summed E-state index contributed by atoms with van der Waals surface area (Å²) in [5.74, 6) is 0.965. The third-order valence-electron chi connectivity index (χ3n) is 5.05. The number of hydrogen-bond donors (Lipinski definition) is 3. The number of phenols is 3. The first-order valence-electron chi connectivity index (χ1n) is 16.6. The van der Waals surface area contributed by atoms with Gasteiger partial charge in [0, 0.05) is 14.6 Å². The third kappa shape index (κ3) is 40.5. The summed E-state index contributed by atoms with van der Waals surface area (Å²) in [6.45, 7) is 15.0. The smallest absolute Gasteiger partial charge is 0.115 e. The molecule has 0 saturated carbocycles. The van der Waals surface area contributed by atoms with E-state index in [0.717, 1.165) is 0 Å². The zero-order valence-corrected chi connectivity index (χ0v) is 32.4. The Hall–Kier alpha value is -3.84. The molecule has 3 N–H and O–H groups in total. The van der Waals surface area contributed by atoms with Gasteiger partial charge in [-0.15, -0.1) is 34.0 Å². The van der Waals surface area contributed by atoms with E-state index >= 15 is 0 Å². The summed E-state index contributed by atoms with van der Waals surface area (Å²) in [6.07, 6.45) is 6.03. The molecule has 51 heavy (non-hydrogen) atoms. The quantitative estimate of drug-likeness (QED) is 0.169. The van der Waals surface area contributed by atoms with E-state index in [9.17, 15) is 0 Å². The maximum Gasteiger partial charge on any atom is 0.115 e. The topological polar surface area (TPSA) is 60.7 Å². The van der Waals surface area contributed by atoms with Crippen molar-refractivity contribution in [3.63, 3.8) is 0 Å². The van der Waals surface area contributed by atoms with Gasteiger partial charge in [0.25, 0.3) is 0 Å². The van der Waals surface area contributed by atoms with Gasteiger partial charge in [0.1, 0.15) is 17.2 Å². The number of rotatable bonds is 3. The second-order valence-electron chi connectivity index (χ2n) is 9.72. The lowest BCUT2D eigenvalue weighted by Gasteiger charge is -1.82. The third-order valence-corrected chi connectivity index (χ3v) is 8.12. The van der Waals surface area contributed by atoms with Crippen LogP contribution in [0.15, 0.2) is 144 Å². The highest BCUT2D eigenvalue weighted by Crippen LogP contribution is 2.09. The number of aromatic hydroxyl groups is 3. The molecule has 0 aliphatic rings. The van der Waals surface area contributed by atoms with Crippen LogP contribution in [0, 0.1) is 0 Å². The molecular formula is C45H70O3S3. The normalized spacial score (nSPS) is 8.06. The Kier molecular flexibility index (Phi) is 49.0. The lowest BCUT2D eigenvalue weighted by molar-refractivity contribution is 0.475. The van der Waals surface area contributed by atoms with Crippen molar-refractivity contribution in [3.05, 3.63) is 158 Å². The molecule has 0 fully saturated rings. The lowest BCUT2D eigenvalue weighted by Crippen LogP contribution is -1.63. The molecule has 6 aromatic rings. The second kappa shape index (κ2) is 44.2. The SMILES string of the molecule is C.C.C.CCC.CCC.CCc1cccs1.CCc1cccs1.CCc1cccs1.Oc1ccccc1.Oc1ccccc1.Oc1ccccc1. The van der Waals surface area contributed by atoms with E-state index < -0.39 is 0 Å². The highest BCUT2D eigenvalue weighted by Gasteiger charge is 1.84. The summed E-state index contributed by atoms with van der Waals surface area (Å²) in [5, 5.41) is 32.2. The Balaban J connectivity index is -0.000000159. The van der Waals surface area contributed by atoms with E-state index in [1.54, 1.807) is 72.8 Å². The van der Waals surface area contributed by atoms with Crippen LogP contribution in [0.25, 0.3) is 0 Å². The summed E-state index contributed by atoms with van der Waals surface area (Å²) in [6, 6.07) is 38.9. The van der Waals surface area contributed by atoms with E-state index in [1.807, 2.05) is 52.2 Å². The summed E-state index contributed by atoms with van der Waals surface area (Å²) in [5.41, 5.74) is 0. The maximum absolute atomic E-state index is 8.63. The van der Waals surface area contributed by atoms with E-state index in [-0.39, 0.29) is 22.3 Å². The van der Waals surface area contributed by atoms with Crippen LogP contribution in [0.3, 0.4) is 0 Å². The van der Waals surface area contributed by atoms with E-state index in [0.29, 0.717) is 17.2 Å². The molecule has 0 spiro atoms. The standard InChI is InChI=1S/3C6H6O.3C6H8S.2C3H8.3CH4/c3*7-6-4-2-1-3-5-6;3*1-2-6-4-3-5-7-6;2*1-3-2;;;/h3*1-5,7H;3*3-5H,2H2,1H3;2*3H2,1-2H3;3*1H4. The first-order valence-corrected chi connectivity index (χ1v) is 19.2. The average Bonchev–Trinajstić information content (AvgIpc) is 3.93. The summed E-state index contributed by atoms with van der Waals surface area (Å²) < 4.78 is 0. The zero-order chi connectivity index (χ0) is 36.1. The Morgan fingerprint density at radius 1 is 0.333 bits per heavy atom. The molecule has 3 nitrogen and oxygen atoms in total. The van der Waals surface area contributed by atoms with Gasteiger partial charge in [-0.1, -0.05) is 156 Å². The number of para-hydroxylation sites is 3. The summed E-state index contributed by atoms with van der Waals surface area (Å²) in [4.78, 5) is 4.42. The Morgan fingerprint density at radius 3 is 0.608 bits per heavy atom. The van der Waals surface area contributed by atoms with Gasteiger partial charge >= 0.3 is 0 Å². The number of benzene rings is 3. The van der Waals surface area contributed by atoms with Crippen molar-refractivity contribution in [2.45, 2.75) is 103 Å². The number of thiophene rings is 3. The minimum absolute atomic E-state index is 0. The first kappa shape index (κ1) is 56.5. The molecule has 0 radical (unpaired) electrons. The van der Waals surface area contributed by atoms with Crippen molar-refractivity contribution in [1.29, 1.82) is 0 Å². The molecule has 0 bridgehead atoms. The summed E-state index contributed by atoms with van der Waals surface area (Å²) >= 11 is 5.47. The van der Waals surface area contributed by atoms with Crippen molar-refractivity contribution < 1.29 is 15.3 Å². The van der Waals surface area contributed by atoms with Gasteiger partial charge in [-0.3, -0.25) is 0 Å². The minimum atomic E-state index is 0. The van der Waals surface area contributed by atoms with Gasteiger partial charge in [-0.25, -0.2) is 0 Å². The number of hydrogen-bond acceptors (Lipinski definition) is 6. The van der Waals surface area contributed by atoms with E-state index in [4.69, 9.17) is 15.3 Å². The van der Waals surface area contributed by atoms with Crippen LogP contribution in [0.1, 0.15) is 98.2 Å². The largest absolute Gasteiger partial charge is 0.508 e. The molecule has 286 valence electrons. The lowest BCUT2D eigenvalue weighted by atomic mass is 10.3. The van der Waals surface area contributed by atoms with Crippen LogP contribution < -0.4 is 0 Å². The molecule has 0 aliphatic heterocycles. The molecule has 0 saturated heterocycles. The molecular weight excluding hydrogens is 685 g/mol. The van der Waals surface area contributed by atoms with Gasteiger partial charge in [-0.2, -0.15) is 0 Å². The highest BCUT2D eigenvalue weighted by atomic mass is 32.1. The molecule has 0 aliphatic carbocycles. The van der Waals surface area contributed by atoms with Gasteiger partial charge < -0.3 is 15.3 Å². The fourth-order valence-electron chi connectivity index (χ4n) is 2.83. The van der Waals surface area contributed by atoms with Crippen LogP contribution in [0.5, 0.6) is 17.2 Å². The maximum atomic E-state index is 8.63. The minimum Gasteiger partial charge on any atom is -0.508 e. The van der Waals surface area contributed by atoms with Crippen LogP contribution in [0.2, 0.25) is 0 Å². The van der Waals surface area contributed by atoms with Crippen molar-refractivity contribution >= 4 is 34.0 Å². The van der Waals surface area contributed by atoms with Gasteiger partial charge in [0.2, 0.25) is 0 Å². The molecule has 3 heterocycles. The van der Waals surface area contributed by atoms with Crippen molar-refractivity contribution in [3.8, 4) is 17.2 Å². The molecule has 0 unspecified atom stereocenters. The van der Waals surface area contributed by atoms with Crippen molar-refractivity contribution in [2.75, 3.05) is 0 Å².